The van der Waals surface area contributed by atoms with Gasteiger partial charge in [0, 0.05) is 32.2 Å². The van der Waals surface area contributed by atoms with Crippen molar-refractivity contribution in [3.63, 3.8) is 0 Å². The molecule has 2 N–H and O–H groups in total. The Hall–Kier alpha value is -1.62. The third-order valence-corrected chi connectivity index (χ3v) is 3.30. The standard InChI is InChI=1S/C14H23N5/c1-4-7-16-13-9-14(18-11(2)17-13)19(3)10-12-6-5-8-15-12/h4,9,12,15H,1,5-8,10H2,2-3H3,(H,16,17,18). The van der Waals surface area contributed by atoms with Crippen LogP contribution in [0.5, 0.6) is 0 Å². The zero-order valence-electron chi connectivity index (χ0n) is 11.8. The van der Waals surface area contributed by atoms with E-state index >= 15 is 0 Å². The number of aryl methyl sites for hydroxylation is 1. The maximum Gasteiger partial charge on any atom is 0.134 e. The molecule has 1 unspecified atom stereocenters. The second-order valence-corrected chi connectivity index (χ2v) is 5.00. The van der Waals surface area contributed by atoms with E-state index in [4.69, 9.17) is 0 Å². The highest BCUT2D eigenvalue weighted by molar-refractivity contribution is 5.49. The Morgan fingerprint density at radius 3 is 3.11 bits per heavy atom. The molecule has 1 aromatic heterocycles. The molecule has 0 spiro atoms. The van der Waals surface area contributed by atoms with Crippen LogP contribution in [-0.4, -0.2) is 42.7 Å². The Balaban J connectivity index is 2.04. The van der Waals surface area contributed by atoms with Crippen LogP contribution in [0.4, 0.5) is 11.6 Å². The van der Waals surface area contributed by atoms with Gasteiger partial charge in [-0.2, -0.15) is 0 Å². The number of anilines is 2. The highest BCUT2D eigenvalue weighted by atomic mass is 15.2. The predicted molar refractivity (Wildman–Crippen MR) is 79.8 cm³/mol. The van der Waals surface area contributed by atoms with Gasteiger partial charge in [0.05, 0.1) is 0 Å². The van der Waals surface area contributed by atoms with Crippen LogP contribution < -0.4 is 15.5 Å². The van der Waals surface area contributed by atoms with Crippen molar-refractivity contribution in [3.8, 4) is 0 Å². The van der Waals surface area contributed by atoms with Gasteiger partial charge in [-0.15, -0.1) is 6.58 Å². The van der Waals surface area contributed by atoms with Crippen molar-refractivity contribution < 1.29 is 0 Å². The maximum absolute atomic E-state index is 4.51. The third kappa shape index (κ3) is 3.92. The highest BCUT2D eigenvalue weighted by Gasteiger charge is 2.17. The van der Waals surface area contributed by atoms with Crippen LogP contribution in [-0.2, 0) is 0 Å². The van der Waals surface area contributed by atoms with Crippen molar-refractivity contribution in [1.29, 1.82) is 0 Å². The van der Waals surface area contributed by atoms with Crippen LogP contribution in [0.2, 0.25) is 0 Å². The predicted octanol–water partition coefficient (Wildman–Crippen LogP) is 1.57. The van der Waals surface area contributed by atoms with Gasteiger partial charge in [0.15, 0.2) is 0 Å². The first-order valence-corrected chi connectivity index (χ1v) is 6.84. The third-order valence-electron chi connectivity index (χ3n) is 3.30. The summed E-state index contributed by atoms with van der Waals surface area (Å²) >= 11 is 0. The fourth-order valence-corrected chi connectivity index (χ4v) is 2.35. The molecule has 19 heavy (non-hydrogen) atoms. The van der Waals surface area contributed by atoms with E-state index in [1.165, 1.54) is 12.8 Å². The summed E-state index contributed by atoms with van der Waals surface area (Å²) in [6.07, 6.45) is 4.34. The molecule has 0 amide bonds. The summed E-state index contributed by atoms with van der Waals surface area (Å²) in [6.45, 7) is 8.45. The number of hydrogen-bond acceptors (Lipinski definition) is 5. The molecule has 1 aliphatic rings. The number of nitrogens with one attached hydrogen (secondary N) is 2. The summed E-state index contributed by atoms with van der Waals surface area (Å²) < 4.78 is 0. The number of rotatable bonds is 6. The molecule has 1 saturated heterocycles. The normalized spacial score (nSPS) is 18.3. The van der Waals surface area contributed by atoms with E-state index in [0.29, 0.717) is 12.6 Å². The van der Waals surface area contributed by atoms with Gasteiger partial charge in [0.1, 0.15) is 17.5 Å². The topological polar surface area (TPSA) is 53.1 Å². The number of aromatic nitrogens is 2. The van der Waals surface area contributed by atoms with Crippen molar-refractivity contribution in [3.05, 3.63) is 24.5 Å². The Morgan fingerprint density at radius 2 is 2.42 bits per heavy atom. The fourth-order valence-electron chi connectivity index (χ4n) is 2.35. The lowest BCUT2D eigenvalue weighted by molar-refractivity contribution is 0.597. The van der Waals surface area contributed by atoms with E-state index < -0.39 is 0 Å². The SMILES string of the molecule is C=CCNc1cc(N(C)CC2CCCN2)nc(C)n1. The summed E-state index contributed by atoms with van der Waals surface area (Å²) in [5.74, 6) is 2.61. The molecule has 2 heterocycles. The Bertz CT molecular complexity index is 426. The molecule has 2 rings (SSSR count). The van der Waals surface area contributed by atoms with Crippen LogP contribution >= 0.6 is 0 Å². The van der Waals surface area contributed by atoms with Crippen molar-refractivity contribution >= 4 is 11.6 Å². The van der Waals surface area contributed by atoms with Gasteiger partial charge in [0.2, 0.25) is 0 Å². The fraction of sp³-hybridized carbons (Fsp3) is 0.571. The molecule has 1 atom stereocenters. The first-order valence-electron chi connectivity index (χ1n) is 6.84. The summed E-state index contributed by atoms with van der Waals surface area (Å²) in [5.41, 5.74) is 0. The molecule has 0 aromatic carbocycles. The Kier molecular flexibility index (Phi) is 4.74. The zero-order chi connectivity index (χ0) is 13.7. The van der Waals surface area contributed by atoms with Crippen molar-refractivity contribution in [2.75, 3.05) is 36.9 Å². The Labute approximate surface area is 115 Å². The Morgan fingerprint density at radius 1 is 1.58 bits per heavy atom. The lowest BCUT2D eigenvalue weighted by atomic mass is 10.2. The summed E-state index contributed by atoms with van der Waals surface area (Å²) in [6, 6.07) is 2.57. The number of likely N-dealkylation sites (N-methyl/N-ethyl adjacent to an activating group) is 1. The maximum atomic E-state index is 4.51. The van der Waals surface area contributed by atoms with Gasteiger partial charge >= 0.3 is 0 Å². The molecular weight excluding hydrogens is 238 g/mol. The van der Waals surface area contributed by atoms with Crippen LogP contribution in [0.3, 0.4) is 0 Å². The molecule has 0 saturated carbocycles. The minimum atomic E-state index is 0.574. The van der Waals surface area contributed by atoms with E-state index in [1.54, 1.807) is 0 Å². The first kappa shape index (κ1) is 13.8. The average Bonchev–Trinajstić information content (AvgIpc) is 2.88. The van der Waals surface area contributed by atoms with E-state index in [1.807, 2.05) is 19.1 Å². The molecule has 5 nitrogen and oxygen atoms in total. The summed E-state index contributed by atoms with van der Waals surface area (Å²) in [4.78, 5) is 11.1. The monoisotopic (exact) mass is 261 g/mol. The molecule has 1 aliphatic heterocycles. The lowest BCUT2D eigenvalue weighted by Crippen LogP contribution is -2.35. The number of hydrogen-bond donors (Lipinski definition) is 2. The van der Waals surface area contributed by atoms with E-state index in [2.05, 4.69) is 39.1 Å². The van der Waals surface area contributed by atoms with Crippen LogP contribution in [0, 0.1) is 6.92 Å². The average molecular weight is 261 g/mol. The second kappa shape index (κ2) is 6.52. The molecule has 0 aliphatic carbocycles. The lowest BCUT2D eigenvalue weighted by Gasteiger charge is -2.23. The minimum absolute atomic E-state index is 0.574. The zero-order valence-corrected chi connectivity index (χ0v) is 11.8. The van der Waals surface area contributed by atoms with E-state index in [9.17, 15) is 0 Å². The van der Waals surface area contributed by atoms with Gasteiger partial charge in [-0.1, -0.05) is 6.08 Å². The molecule has 104 valence electrons. The quantitative estimate of drug-likeness (QED) is 0.761. The van der Waals surface area contributed by atoms with Crippen LogP contribution in [0.15, 0.2) is 18.7 Å². The smallest absolute Gasteiger partial charge is 0.134 e. The summed E-state index contributed by atoms with van der Waals surface area (Å²) in [5, 5.41) is 6.72. The molecular formula is C14H23N5. The van der Waals surface area contributed by atoms with Crippen molar-refractivity contribution in [2.24, 2.45) is 0 Å². The van der Waals surface area contributed by atoms with Crippen LogP contribution in [0.1, 0.15) is 18.7 Å². The van der Waals surface area contributed by atoms with Gasteiger partial charge in [-0.25, -0.2) is 9.97 Å². The largest absolute Gasteiger partial charge is 0.366 e. The minimum Gasteiger partial charge on any atom is -0.366 e. The highest BCUT2D eigenvalue weighted by Crippen LogP contribution is 2.16. The van der Waals surface area contributed by atoms with Gasteiger partial charge in [-0.3, -0.25) is 0 Å². The van der Waals surface area contributed by atoms with Crippen molar-refractivity contribution in [2.45, 2.75) is 25.8 Å². The first-order chi connectivity index (χ1) is 9.19. The molecule has 0 radical (unpaired) electrons. The van der Waals surface area contributed by atoms with Gasteiger partial charge in [-0.05, 0) is 26.3 Å². The van der Waals surface area contributed by atoms with Crippen LogP contribution in [0.25, 0.3) is 0 Å². The summed E-state index contributed by atoms with van der Waals surface area (Å²) in [7, 11) is 2.08. The van der Waals surface area contributed by atoms with E-state index in [0.717, 1.165) is 30.5 Å². The van der Waals surface area contributed by atoms with Gasteiger partial charge in [0.25, 0.3) is 0 Å². The molecule has 0 bridgehead atoms. The second-order valence-electron chi connectivity index (χ2n) is 5.00. The number of nitrogens with zero attached hydrogens (tertiary/aromatic N) is 3. The molecule has 1 fully saturated rings. The van der Waals surface area contributed by atoms with Gasteiger partial charge < -0.3 is 15.5 Å². The molecule has 1 aromatic rings. The molecule has 5 heteroatoms. The van der Waals surface area contributed by atoms with E-state index in [-0.39, 0.29) is 0 Å². The van der Waals surface area contributed by atoms with Crippen molar-refractivity contribution in [1.82, 2.24) is 15.3 Å².